The van der Waals surface area contributed by atoms with Gasteiger partial charge in [-0.15, -0.1) is 0 Å². The van der Waals surface area contributed by atoms with E-state index in [1.165, 1.54) is 4.90 Å². The number of benzene rings is 1. The third-order valence-electron chi connectivity index (χ3n) is 7.50. The number of methoxy groups -OCH3 is 1. The van der Waals surface area contributed by atoms with Crippen LogP contribution in [-0.4, -0.2) is 74.7 Å². The molecule has 2 aliphatic heterocycles. The first-order chi connectivity index (χ1) is 17.0. The number of quaternary nitrogens is 1. The van der Waals surface area contributed by atoms with Crippen molar-refractivity contribution in [3.05, 3.63) is 54.2 Å². The van der Waals surface area contributed by atoms with Crippen LogP contribution in [0, 0.1) is 11.8 Å². The standard InChI is InChI=1S/C27H36N4O4/c1-35-24-7-5-21(6-8-24)18-26(32)31-13-10-22(19-27(33)34)23(20-31)9-12-29-14-16-30(17-15-29)25-4-2-3-11-28-25/h2-8,11,22-23H,9-10,12-20H2,1H3,(H,33,34)/t22-,23-/m0/s1. The highest BCUT2D eigenvalue weighted by atomic mass is 16.5. The summed E-state index contributed by atoms with van der Waals surface area (Å²) < 4.78 is 5.20. The minimum atomic E-state index is -0.991. The molecule has 8 heteroatoms. The van der Waals surface area contributed by atoms with Crippen LogP contribution in [0.15, 0.2) is 48.7 Å². The van der Waals surface area contributed by atoms with Crippen LogP contribution in [0.2, 0.25) is 0 Å². The summed E-state index contributed by atoms with van der Waals surface area (Å²) in [5.41, 5.74) is 0.958. The first-order valence-electron chi connectivity index (χ1n) is 12.6. The van der Waals surface area contributed by atoms with Crippen LogP contribution in [0.4, 0.5) is 5.82 Å². The quantitative estimate of drug-likeness (QED) is 0.545. The van der Waals surface area contributed by atoms with Gasteiger partial charge in [0.15, 0.2) is 0 Å². The lowest BCUT2D eigenvalue weighted by atomic mass is 9.81. The lowest BCUT2D eigenvalue weighted by Gasteiger charge is -2.40. The smallest absolute Gasteiger partial charge is 0.226 e. The highest BCUT2D eigenvalue weighted by Gasteiger charge is 2.32. The average molecular weight is 481 g/mol. The summed E-state index contributed by atoms with van der Waals surface area (Å²) in [6.45, 7) is 6.23. The molecule has 2 atom stereocenters. The number of rotatable bonds is 9. The third-order valence-corrected chi connectivity index (χ3v) is 7.50. The molecule has 2 aliphatic rings. The molecule has 3 heterocycles. The van der Waals surface area contributed by atoms with Gasteiger partial charge in [-0.2, -0.15) is 0 Å². The predicted molar refractivity (Wildman–Crippen MR) is 131 cm³/mol. The fourth-order valence-corrected chi connectivity index (χ4v) is 5.38. The Bertz CT molecular complexity index is 961. The fourth-order valence-electron chi connectivity index (χ4n) is 5.38. The fraction of sp³-hybridized carbons (Fsp3) is 0.519. The van der Waals surface area contributed by atoms with Crippen LogP contribution in [0.1, 0.15) is 24.8 Å². The van der Waals surface area contributed by atoms with Crippen LogP contribution in [0.25, 0.3) is 0 Å². The van der Waals surface area contributed by atoms with Gasteiger partial charge in [0.1, 0.15) is 11.6 Å². The predicted octanol–water partition coefficient (Wildman–Crippen LogP) is 0.0326. The van der Waals surface area contributed by atoms with Gasteiger partial charge in [-0.05, 0) is 54.5 Å². The zero-order chi connectivity index (χ0) is 24.6. The molecule has 188 valence electrons. The maximum Gasteiger partial charge on any atom is 0.226 e. The third kappa shape index (κ3) is 6.94. The number of nitrogens with zero attached hydrogens (tertiary/aromatic N) is 3. The number of amides is 1. The van der Waals surface area contributed by atoms with Crippen LogP contribution in [0.5, 0.6) is 5.75 Å². The number of likely N-dealkylation sites (tertiary alicyclic amines) is 1. The number of anilines is 1. The molecule has 0 radical (unpaired) electrons. The number of carbonyl (C=O) groups excluding carboxylic acids is 2. The maximum absolute atomic E-state index is 13.0. The number of pyridine rings is 1. The summed E-state index contributed by atoms with van der Waals surface area (Å²) in [5.74, 6) is 1.16. The number of nitrogens with one attached hydrogen (secondary N) is 1. The van der Waals surface area contributed by atoms with Crippen molar-refractivity contribution >= 4 is 17.7 Å². The molecule has 1 aromatic carbocycles. The van der Waals surface area contributed by atoms with Gasteiger partial charge in [0, 0.05) is 31.7 Å². The van der Waals surface area contributed by atoms with E-state index in [4.69, 9.17) is 4.74 Å². The van der Waals surface area contributed by atoms with E-state index < -0.39 is 5.97 Å². The number of hydrogen-bond acceptors (Lipinski definition) is 6. The summed E-state index contributed by atoms with van der Waals surface area (Å²) >= 11 is 0. The average Bonchev–Trinajstić information content (AvgIpc) is 2.89. The molecule has 4 rings (SSSR count). The second-order valence-electron chi connectivity index (χ2n) is 9.71. The van der Waals surface area contributed by atoms with Gasteiger partial charge in [-0.3, -0.25) is 4.79 Å². The topological polar surface area (TPSA) is 90.2 Å². The van der Waals surface area contributed by atoms with Gasteiger partial charge < -0.3 is 29.3 Å². The molecule has 0 saturated carbocycles. The summed E-state index contributed by atoms with van der Waals surface area (Å²) in [5, 5.41) is 11.4. The van der Waals surface area contributed by atoms with Crippen LogP contribution >= 0.6 is 0 Å². The minimum Gasteiger partial charge on any atom is -0.550 e. The molecular formula is C27H36N4O4. The van der Waals surface area contributed by atoms with E-state index in [2.05, 4.69) is 16.0 Å². The largest absolute Gasteiger partial charge is 0.550 e. The summed E-state index contributed by atoms with van der Waals surface area (Å²) in [4.78, 5) is 34.6. The van der Waals surface area contributed by atoms with E-state index in [1.807, 2.05) is 47.5 Å². The number of piperazine rings is 1. The first-order valence-corrected chi connectivity index (χ1v) is 12.6. The number of aromatic nitrogens is 1. The van der Waals surface area contributed by atoms with Gasteiger partial charge in [0.2, 0.25) is 5.91 Å². The SMILES string of the molecule is COc1ccc(CC(=O)N2CC[C@@H](CC(=O)[O-])[C@@H](CC[NH+]3CCN(c4ccccn4)CC3)C2)cc1. The van der Waals surface area contributed by atoms with Gasteiger partial charge >= 0.3 is 0 Å². The maximum atomic E-state index is 13.0. The van der Waals surface area contributed by atoms with Gasteiger partial charge in [0.25, 0.3) is 0 Å². The number of hydrogen-bond donors (Lipinski definition) is 1. The number of carboxylic acid groups (broad SMARTS) is 1. The lowest BCUT2D eigenvalue weighted by molar-refractivity contribution is -0.901. The molecule has 8 nitrogen and oxygen atoms in total. The second-order valence-corrected chi connectivity index (χ2v) is 9.71. The monoisotopic (exact) mass is 480 g/mol. The van der Waals surface area contributed by atoms with Crippen LogP contribution in [-0.2, 0) is 16.0 Å². The Labute approximate surface area is 207 Å². The lowest BCUT2D eigenvalue weighted by Crippen LogP contribution is -3.15. The van der Waals surface area contributed by atoms with Crippen molar-refractivity contribution in [1.82, 2.24) is 9.88 Å². The number of carboxylic acids is 1. The van der Waals surface area contributed by atoms with Crippen LogP contribution < -0.4 is 19.6 Å². The number of piperidine rings is 1. The van der Waals surface area contributed by atoms with E-state index in [0.717, 1.165) is 62.7 Å². The summed E-state index contributed by atoms with van der Waals surface area (Å²) in [7, 11) is 1.62. The summed E-state index contributed by atoms with van der Waals surface area (Å²) in [6.07, 6.45) is 3.90. The van der Waals surface area contributed by atoms with Crippen molar-refractivity contribution in [2.75, 3.05) is 57.8 Å². The molecule has 1 amide bonds. The molecule has 0 spiro atoms. The Hall–Kier alpha value is -3.13. The van der Waals surface area contributed by atoms with Crippen LogP contribution in [0.3, 0.4) is 0 Å². The Morgan fingerprint density at radius 1 is 1.09 bits per heavy atom. The Morgan fingerprint density at radius 3 is 2.51 bits per heavy atom. The van der Waals surface area contributed by atoms with Gasteiger partial charge in [-0.25, -0.2) is 4.98 Å². The van der Waals surface area contributed by atoms with Crippen molar-refractivity contribution in [1.29, 1.82) is 0 Å². The molecule has 2 aromatic rings. The van der Waals surface area contributed by atoms with Crippen molar-refractivity contribution in [2.45, 2.75) is 25.7 Å². The van der Waals surface area contributed by atoms with E-state index in [9.17, 15) is 14.7 Å². The molecule has 1 N–H and O–H groups in total. The second kappa shape index (κ2) is 12.0. The number of carbonyl (C=O) groups is 2. The number of ether oxygens (including phenoxy) is 1. The molecule has 0 aliphatic carbocycles. The van der Waals surface area contributed by atoms with E-state index >= 15 is 0 Å². The zero-order valence-electron chi connectivity index (χ0n) is 20.5. The van der Waals surface area contributed by atoms with E-state index in [0.29, 0.717) is 19.5 Å². The van der Waals surface area contributed by atoms with E-state index in [-0.39, 0.29) is 24.2 Å². The van der Waals surface area contributed by atoms with Crippen molar-refractivity contribution < 1.29 is 24.3 Å². The summed E-state index contributed by atoms with van der Waals surface area (Å²) in [6, 6.07) is 13.6. The highest BCUT2D eigenvalue weighted by molar-refractivity contribution is 5.79. The molecule has 2 saturated heterocycles. The minimum absolute atomic E-state index is 0.0687. The molecular weight excluding hydrogens is 444 g/mol. The molecule has 35 heavy (non-hydrogen) atoms. The zero-order valence-corrected chi connectivity index (χ0v) is 20.5. The van der Waals surface area contributed by atoms with Crippen molar-refractivity contribution in [3.8, 4) is 5.75 Å². The van der Waals surface area contributed by atoms with Crippen molar-refractivity contribution in [2.24, 2.45) is 11.8 Å². The Balaban J connectivity index is 1.30. The Morgan fingerprint density at radius 2 is 1.86 bits per heavy atom. The molecule has 0 unspecified atom stereocenters. The van der Waals surface area contributed by atoms with Crippen molar-refractivity contribution in [3.63, 3.8) is 0 Å². The van der Waals surface area contributed by atoms with E-state index in [1.54, 1.807) is 7.11 Å². The number of aliphatic carboxylic acids is 1. The Kier molecular flexibility index (Phi) is 8.58. The first kappa shape index (κ1) is 25.0. The molecule has 2 fully saturated rings. The highest BCUT2D eigenvalue weighted by Crippen LogP contribution is 2.29. The van der Waals surface area contributed by atoms with Gasteiger partial charge in [0.05, 0.1) is 46.3 Å². The normalized spacial score (nSPS) is 21.1. The molecule has 1 aromatic heterocycles. The molecule has 0 bridgehead atoms. The van der Waals surface area contributed by atoms with Gasteiger partial charge in [-0.1, -0.05) is 18.2 Å².